The Labute approximate surface area is 239 Å². The molecule has 1 amide bonds. The van der Waals surface area contributed by atoms with Gasteiger partial charge in [0.2, 0.25) is 5.91 Å². The van der Waals surface area contributed by atoms with E-state index in [2.05, 4.69) is 20.6 Å². The number of rotatable bonds is 10. The third-order valence-corrected chi connectivity index (χ3v) is 7.17. The van der Waals surface area contributed by atoms with E-state index in [4.69, 9.17) is 9.47 Å². The van der Waals surface area contributed by atoms with Crippen LogP contribution in [-0.4, -0.2) is 74.6 Å². The first-order valence-electron chi connectivity index (χ1n) is 12.8. The first-order chi connectivity index (χ1) is 19.8. The number of aliphatic hydroxyl groups is 1. The van der Waals surface area contributed by atoms with Crippen molar-refractivity contribution in [1.29, 1.82) is 0 Å². The van der Waals surface area contributed by atoms with Crippen LogP contribution in [-0.2, 0) is 16.1 Å². The van der Waals surface area contributed by atoms with Gasteiger partial charge in [0, 0.05) is 42.7 Å². The molecule has 0 aliphatic carbocycles. The normalized spacial score (nSPS) is 15.9. The molecular weight excluding hydrogens is 548 g/mol. The molecule has 0 radical (unpaired) electrons. The molecule has 3 N–H and O–H groups in total. The van der Waals surface area contributed by atoms with Crippen LogP contribution in [0.15, 0.2) is 66.7 Å². The Morgan fingerprint density at radius 2 is 1.76 bits per heavy atom. The first-order valence-corrected chi connectivity index (χ1v) is 13.8. The average Bonchev–Trinajstić information content (AvgIpc) is 3.37. The summed E-state index contributed by atoms with van der Waals surface area (Å²) in [5.74, 6) is 0.973. The van der Waals surface area contributed by atoms with E-state index in [1.54, 1.807) is 60.7 Å². The fourth-order valence-electron chi connectivity index (χ4n) is 4.58. The summed E-state index contributed by atoms with van der Waals surface area (Å²) in [4.78, 5) is 23.8. The van der Waals surface area contributed by atoms with E-state index in [1.165, 1.54) is 14.2 Å². The van der Waals surface area contributed by atoms with Crippen molar-refractivity contribution in [3.8, 4) is 11.5 Å². The maximum Gasteiger partial charge on any atom is 0.238 e. The van der Waals surface area contributed by atoms with Crippen molar-refractivity contribution < 1.29 is 28.1 Å². The number of nitrogens with one attached hydrogen (secondary N) is 2. The summed E-state index contributed by atoms with van der Waals surface area (Å²) < 4.78 is 37.2. The molecule has 0 bridgehead atoms. The van der Waals surface area contributed by atoms with Crippen molar-refractivity contribution in [3.63, 3.8) is 0 Å². The number of aliphatic hydroxyl groups excluding tert-OH is 1. The molecule has 13 heteroatoms. The molecule has 1 fully saturated rings. The molecule has 1 aliphatic heterocycles. The topological polar surface area (TPSA) is 152 Å². The number of anilines is 5. The van der Waals surface area contributed by atoms with Crippen molar-refractivity contribution in [2.75, 3.05) is 48.8 Å². The predicted molar refractivity (Wildman–Crippen MR) is 156 cm³/mol. The zero-order valence-electron chi connectivity index (χ0n) is 22.4. The number of aromatic nitrogens is 2. The van der Waals surface area contributed by atoms with Gasteiger partial charge in [0.05, 0.1) is 54.9 Å². The number of hydrogen-bond donors (Lipinski definition) is 3. The monoisotopic (exact) mass is 577 g/mol. The Kier molecular flexibility index (Phi) is 8.59. The molecule has 214 valence electrons. The van der Waals surface area contributed by atoms with Crippen molar-refractivity contribution in [1.82, 2.24) is 14.9 Å². The molecule has 1 saturated heterocycles. The smallest absolute Gasteiger partial charge is 0.238 e. The van der Waals surface area contributed by atoms with E-state index in [1.807, 2.05) is 11.0 Å². The molecule has 0 saturated carbocycles. The van der Waals surface area contributed by atoms with Crippen LogP contribution in [0.1, 0.15) is 6.42 Å². The zero-order chi connectivity index (χ0) is 28.9. The number of likely N-dealkylation sites (tertiary alicyclic amines) is 1. The number of nitrogens with zero attached hydrogens (tertiary/aromatic N) is 4. The summed E-state index contributed by atoms with van der Waals surface area (Å²) in [6.45, 7) is 1.19. The van der Waals surface area contributed by atoms with E-state index in [9.17, 15) is 18.7 Å². The van der Waals surface area contributed by atoms with E-state index in [0.717, 1.165) is 4.31 Å². The lowest BCUT2D eigenvalue weighted by Crippen LogP contribution is -2.32. The van der Waals surface area contributed by atoms with Gasteiger partial charge in [-0.1, -0.05) is 18.2 Å². The molecule has 3 aromatic carbocycles. The van der Waals surface area contributed by atoms with Gasteiger partial charge in [-0.15, -0.1) is 0 Å². The number of benzene rings is 3. The van der Waals surface area contributed by atoms with E-state index in [-0.39, 0.29) is 29.8 Å². The Morgan fingerprint density at radius 3 is 2.39 bits per heavy atom. The highest BCUT2D eigenvalue weighted by atomic mass is 32.2. The molecule has 1 unspecified atom stereocenters. The number of methoxy groups -OCH3 is 2. The molecule has 41 heavy (non-hydrogen) atoms. The molecule has 2 atom stereocenters. The zero-order valence-corrected chi connectivity index (χ0v) is 23.3. The minimum Gasteiger partial charge on any atom is -0.755 e. The number of para-hydroxylation sites is 2. The minimum absolute atomic E-state index is 0.0216. The summed E-state index contributed by atoms with van der Waals surface area (Å²) in [5, 5.41) is 15.7. The summed E-state index contributed by atoms with van der Waals surface area (Å²) in [5.41, 5.74) is 2.23. The second-order valence-corrected chi connectivity index (χ2v) is 10.2. The number of carbonyl (C=O) groups excluding carboxylic acids is 1. The van der Waals surface area contributed by atoms with Crippen LogP contribution in [0.25, 0.3) is 11.0 Å². The van der Waals surface area contributed by atoms with Crippen LogP contribution < -0.4 is 24.4 Å². The van der Waals surface area contributed by atoms with Crippen LogP contribution >= 0.6 is 0 Å². The highest BCUT2D eigenvalue weighted by Crippen LogP contribution is 2.36. The lowest BCUT2D eigenvalue weighted by Gasteiger charge is -2.27. The Hall–Kier alpha value is -4.30. The minimum atomic E-state index is -2.81. The lowest BCUT2D eigenvalue weighted by atomic mass is 10.2. The second kappa shape index (κ2) is 12.5. The molecule has 12 nitrogen and oxygen atoms in total. The van der Waals surface area contributed by atoms with Crippen molar-refractivity contribution in [3.05, 3.63) is 66.7 Å². The van der Waals surface area contributed by atoms with Crippen LogP contribution in [0, 0.1) is 0 Å². The highest BCUT2D eigenvalue weighted by molar-refractivity contribution is 7.81. The van der Waals surface area contributed by atoms with Gasteiger partial charge in [0.1, 0.15) is 11.5 Å². The fraction of sp³-hybridized carbons (Fsp3) is 0.250. The molecule has 1 aromatic heterocycles. The maximum absolute atomic E-state index is 12.7. The highest BCUT2D eigenvalue weighted by Gasteiger charge is 2.23. The Balaban J connectivity index is 1.51. The number of hydrogen-bond acceptors (Lipinski definition) is 10. The average molecular weight is 578 g/mol. The first kappa shape index (κ1) is 28.2. The van der Waals surface area contributed by atoms with Crippen molar-refractivity contribution in [2.45, 2.75) is 12.5 Å². The standard InChI is InChI=1S/C28H30N6O6S/c1-39-22-13-19(14-23(15-22)40-2)30-27-28(32-25-9-4-3-8-24(25)31-27)34(41(37)38)20-7-5-6-18(12-20)29-26(36)17-33-11-10-21(35)16-33/h3-9,12-15,21,35H,10-11,16-17H2,1-2H3,(H,29,36)(H,30,31)(H,37,38)/p-1/t21-/m0/s1. The predicted octanol–water partition coefficient (Wildman–Crippen LogP) is 3.33. The van der Waals surface area contributed by atoms with Crippen LogP contribution in [0.2, 0.25) is 0 Å². The van der Waals surface area contributed by atoms with Crippen LogP contribution in [0.4, 0.5) is 28.7 Å². The third-order valence-electron chi connectivity index (χ3n) is 6.49. The molecular formula is C28H29N6O6S-. The van der Waals surface area contributed by atoms with Gasteiger partial charge in [-0.3, -0.25) is 18.2 Å². The van der Waals surface area contributed by atoms with Gasteiger partial charge in [-0.25, -0.2) is 9.97 Å². The number of amides is 1. The molecule has 1 aliphatic rings. The summed E-state index contributed by atoms with van der Waals surface area (Å²) >= 11 is -2.81. The van der Waals surface area contributed by atoms with Gasteiger partial charge >= 0.3 is 0 Å². The van der Waals surface area contributed by atoms with E-state index < -0.39 is 17.4 Å². The Morgan fingerprint density at radius 1 is 1.05 bits per heavy atom. The maximum atomic E-state index is 12.7. The van der Waals surface area contributed by atoms with Crippen molar-refractivity contribution >= 4 is 56.9 Å². The van der Waals surface area contributed by atoms with Crippen molar-refractivity contribution in [2.24, 2.45) is 0 Å². The number of fused-ring (bicyclic) bond motifs is 1. The quantitative estimate of drug-likeness (QED) is 0.239. The molecule has 2 heterocycles. The van der Waals surface area contributed by atoms with Crippen LogP contribution in [0.3, 0.4) is 0 Å². The largest absolute Gasteiger partial charge is 0.755 e. The van der Waals surface area contributed by atoms with Gasteiger partial charge in [0.15, 0.2) is 11.6 Å². The Bertz CT molecular complexity index is 1570. The summed E-state index contributed by atoms with van der Waals surface area (Å²) in [7, 11) is 3.06. The fourth-order valence-corrected chi connectivity index (χ4v) is 5.14. The molecule has 5 rings (SSSR count). The molecule has 4 aromatic rings. The van der Waals surface area contributed by atoms with E-state index in [0.29, 0.717) is 53.4 Å². The van der Waals surface area contributed by atoms with E-state index >= 15 is 0 Å². The van der Waals surface area contributed by atoms with Gasteiger partial charge in [0.25, 0.3) is 0 Å². The van der Waals surface area contributed by atoms with Gasteiger partial charge in [-0.2, -0.15) is 0 Å². The number of β-amino-alcohol motifs (C(OH)–C–C–N with tert-alkyl or cyclic N) is 1. The van der Waals surface area contributed by atoms with Gasteiger partial charge < -0.3 is 29.8 Å². The third kappa shape index (κ3) is 6.72. The van der Waals surface area contributed by atoms with Crippen LogP contribution in [0.5, 0.6) is 11.5 Å². The summed E-state index contributed by atoms with van der Waals surface area (Å²) in [6.07, 6.45) is 0.189. The number of ether oxygens (including phenoxy) is 2. The van der Waals surface area contributed by atoms with Gasteiger partial charge in [-0.05, 0) is 36.8 Å². The summed E-state index contributed by atoms with van der Waals surface area (Å²) in [6, 6.07) is 18.7. The molecule has 0 spiro atoms. The lowest BCUT2D eigenvalue weighted by molar-refractivity contribution is -0.117. The number of carbonyl (C=O) groups is 1. The SMILES string of the molecule is COc1cc(Nc2nc3ccccc3nc2N(c2cccc(NC(=O)CN3CC[C@H](O)C3)c2)S(=O)[O-])cc(OC)c1. The second-order valence-electron chi connectivity index (χ2n) is 9.40.